The Morgan fingerprint density at radius 1 is 1.28 bits per heavy atom. The number of pyridine rings is 1. The summed E-state index contributed by atoms with van der Waals surface area (Å²) in [4.78, 5) is 8.56. The zero-order valence-electron chi connectivity index (χ0n) is 9.76. The number of nitrogens with zero attached hydrogens (tertiary/aromatic N) is 3. The fourth-order valence-corrected chi connectivity index (χ4v) is 2.19. The first-order valence-electron chi connectivity index (χ1n) is 5.48. The molecular weight excluding hydrogens is 248 g/mol. The van der Waals surface area contributed by atoms with Crippen LogP contribution in [0.3, 0.4) is 0 Å². The summed E-state index contributed by atoms with van der Waals surface area (Å²) in [5, 5.41) is 0.676. The van der Waals surface area contributed by atoms with E-state index in [9.17, 15) is 0 Å². The van der Waals surface area contributed by atoms with Gasteiger partial charge in [-0.05, 0) is 24.3 Å². The second-order valence-corrected chi connectivity index (χ2v) is 4.53. The Kier molecular flexibility index (Phi) is 2.45. The predicted molar refractivity (Wildman–Crippen MR) is 73.4 cm³/mol. The van der Waals surface area contributed by atoms with Gasteiger partial charge in [0.05, 0.1) is 22.9 Å². The Morgan fingerprint density at radius 3 is 2.89 bits per heavy atom. The summed E-state index contributed by atoms with van der Waals surface area (Å²) < 4.78 is 2.00. The molecule has 0 saturated carbocycles. The van der Waals surface area contributed by atoms with Gasteiger partial charge in [-0.25, -0.2) is 4.98 Å². The van der Waals surface area contributed by atoms with Gasteiger partial charge in [-0.3, -0.25) is 4.98 Å². The van der Waals surface area contributed by atoms with Crippen LogP contribution in [-0.4, -0.2) is 14.5 Å². The molecule has 18 heavy (non-hydrogen) atoms. The molecule has 0 saturated heterocycles. The van der Waals surface area contributed by atoms with Crippen molar-refractivity contribution in [3.63, 3.8) is 0 Å². The fourth-order valence-electron chi connectivity index (χ4n) is 2.02. The average Bonchev–Trinajstić information content (AvgIpc) is 2.67. The van der Waals surface area contributed by atoms with Gasteiger partial charge in [0, 0.05) is 23.8 Å². The number of hydrogen-bond acceptors (Lipinski definition) is 3. The van der Waals surface area contributed by atoms with Gasteiger partial charge in [-0.15, -0.1) is 0 Å². The van der Waals surface area contributed by atoms with Crippen molar-refractivity contribution in [2.75, 3.05) is 5.73 Å². The van der Waals surface area contributed by atoms with Crippen molar-refractivity contribution in [2.24, 2.45) is 7.05 Å². The molecule has 90 valence electrons. The van der Waals surface area contributed by atoms with E-state index in [4.69, 9.17) is 17.3 Å². The largest absolute Gasteiger partial charge is 0.397 e. The first-order valence-corrected chi connectivity index (χ1v) is 5.86. The minimum Gasteiger partial charge on any atom is -0.397 e. The number of halogens is 1. The molecule has 4 nitrogen and oxygen atoms in total. The van der Waals surface area contributed by atoms with Crippen LogP contribution in [0.15, 0.2) is 36.7 Å². The maximum atomic E-state index is 5.97. The van der Waals surface area contributed by atoms with Crippen LogP contribution in [0.2, 0.25) is 5.02 Å². The highest BCUT2D eigenvalue weighted by Gasteiger charge is 2.12. The average molecular weight is 259 g/mol. The SMILES string of the molecule is Cn1c(-c2ccncc2N)nc2cc(Cl)ccc21. The third kappa shape index (κ3) is 1.62. The first-order chi connectivity index (χ1) is 8.66. The van der Waals surface area contributed by atoms with E-state index in [1.54, 1.807) is 12.4 Å². The van der Waals surface area contributed by atoms with Gasteiger partial charge in [0.25, 0.3) is 0 Å². The lowest BCUT2D eigenvalue weighted by Gasteiger charge is -2.04. The Morgan fingerprint density at radius 2 is 2.11 bits per heavy atom. The summed E-state index contributed by atoms with van der Waals surface area (Å²) in [6, 6.07) is 7.51. The van der Waals surface area contributed by atoms with Crippen molar-refractivity contribution in [1.29, 1.82) is 0 Å². The predicted octanol–water partition coefficient (Wildman–Crippen LogP) is 2.87. The molecule has 0 radical (unpaired) electrons. The van der Waals surface area contributed by atoms with E-state index in [0.717, 1.165) is 22.4 Å². The molecule has 0 fully saturated rings. The van der Waals surface area contributed by atoms with Gasteiger partial charge in [0.15, 0.2) is 0 Å². The first kappa shape index (κ1) is 11.0. The molecule has 2 N–H and O–H groups in total. The highest BCUT2D eigenvalue weighted by molar-refractivity contribution is 6.31. The molecule has 0 bridgehead atoms. The van der Waals surface area contributed by atoms with E-state index in [1.807, 2.05) is 35.9 Å². The minimum absolute atomic E-state index is 0.613. The van der Waals surface area contributed by atoms with Crippen LogP contribution in [0.1, 0.15) is 0 Å². The Balaban J connectivity index is 2.31. The maximum absolute atomic E-state index is 5.97. The lowest BCUT2D eigenvalue weighted by molar-refractivity contribution is 0.959. The van der Waals surface area contributed by atoms with E-state index in [-0.39, 0.29) is 0 Å². The van der Waals surface area contributed by atoms with E-state index in [0.29, 0.717) is 10.7 Å². The standard InChI is InChI=1S/C13H11ClN4/c1-18-12-3-2-8(14)6-11(12)17-13(18)9-4-5-16-7-10(9)15/h2-7H,15H2,1H3. The summed E-state index contributed by atoms with van der Waals surface area (Å²) in [6.45, 7) is 0. The van der Waals surface area contributed by atoms with Gasteiger partial charge in [0.1, 0.15) is 5.82 Å². The molecule has 0 unspecified atom stereocenters. The lowest BCUT2D eigenvalue weighted by atomic mass is 10.2. The van der Waals surface area contributed by atoms with E-state index < -0.39 is 0 Å². The number of nitrogens with two attached hydrogens (primary N) is 1. The minimum atomic E-state index is 0.613. The molecular formula is C13H11ClN4. The number of aromatic nitrogens is 3. The van der Waals surface area contributed by atoms with Crippen LogP contribution < -0.4 is 5.73 Å². The molecule has 0 amide bonds. The van der Waals surface area contributed by atoms with Crippen LogP contribution in [0.4, 0.5) is 5.69 Å². The molecule has 2 aromatic heterocycles. The monoisotopic (exact) mass is 258 g/mol. The van der Waals surface area contributed by atoms with Crippen LogP contribution in [0.5, 0.6) is 0 Å². The number of benzene rings is 1. The second-order valence-electron chi connectivity index (χ2n) is 4.09. The summed E-state index contributed by atoms with van der Waals surface area (Å²) >= 11 is 5.97. The molecule has 0 atom stereocenters. The quantitative estimate of drug-likeness (QED) is 0.730. The number of fused-ring (bicyclic) bond motifs is 1. The zero-order valence-corrected chi connectivity index (χ0v) is 10.5. The molecule has 0 aliphatic heterocycles. The van der Waals surface area contributed by atoms with Crippen LogP contribution in [0, 0.1) is 0 Å². The number of hydrogen-bond donors (Lipinski definition) is 1. The summed E-state index contributed by atoms with van der Waals surface area (Å²) in [5.41, 5.74) is 9.30. The van der Waals surface area contributed by atoms with Gasteiger partial charge >= 0.3 is 0 Å². The molecule has 3 rings (SSSR count). The van der Waals surface area contributed by atoms with Crippen molar-refractivity contribution in [2.45, 2.75) is 0 Å². The molecule has 3 aromatic rings. The normalized spacial score (nSPS) is 11.0. The van der Waals surface area contributed by atoms with Crippen molar-refractivity contribution in [1.82, 2.24) is 14.5 Å². The maximum Gasteiger partial charge on any atom is 0.143 e. The number of aryl methyl sites for hydroxylation is 1. The second kappa shape index (κ2) is 3.99. The van der Waals surface area contributed by atoms with Crippen molar-refractivity contribution >= 4 is 28.3 Å². The summed E-state index contributed by atoms with van der Waals surface area (Å²) in [7, 11) is 1.96. The molecule has 1 aromatic carbocycles. The Bertz CT molecular complexity index is 733. The molecule has 2 heterocycles. The Hall–Kier alpha value is -2.07. The third-order valence-corrected chi connectivity index (χ3v) is 3.17. The summed E-state index contributed by atoms with van der Waals surface area (Å²) in [6.07, 6.45) is 3.33. The van der Waals surface area contributed by atoms with Crippen molar-refractivity contribution in [3.05, 3.63) is 41.7 Å². The highest BCUT2D eigenvalue weighted by atomic mass is 35.5. The van der Waals surface area contributed by atoms with Crippen LogP contribution in [0.25, 0.3) is 22.4 Å². The van der Waals surface area contributed by atoms with Gasteiger partial charge < -0.3 is 10.3 Å². The van der Waals surface area contributed by atoms with E-state index >= 15 is 0 Å². The smallest absolute Gasteiger partial charge is 0.143 e. The number of nitrogen functional groups attached to an aromatic ring is 1. The van der Waals surface area contributed by atoms with Gasteiger partial charge in [-0.1, -0.05) is 11.6 Å². The number of anilines is 1. The Labute approximate surface area is 109 Å². The highest BCUT2D eigenvalue weighted by Crippen LogP contribution is 2.28. The number of rotatable bonds is 1. The van der Waals surface area contributed by atoms with E-state index in [2.05, 4.69) is 9.97 Å². The topological polar surface area (TPSA) is 56.7 Å². The molecule has 0 aliphatic rings. The number of imidazole rings is 1. The van der Waals surface area contributed by atoms with Crippen molar-refractivity contribution in [3.8, 4) is 11.4 Å². The molecule has 0 spiro atoms. The molecule has 5 heteroatoms. The molecule has 0 aliphatic carbocycles. The summed E-state index contributed by atoms with van der Waals surface area (Å²) in [5.74, 6) is 0.812. The zero-order chi connectivity index (χ0) is 12.7. The van der Waals surface area contributed by atoms with Gasteiger partial charge in [0.2, 0.25) is 0 Å². The van der Waals surface area contributed by atoms with E-state index in [1.165, 1.54) is 0 Å². The third-order valence-electron chi connectivity index (χ3n) is 2.94. The lowest BCUT2D eigenvalue weighted by Crippen LogP contribution is -1.97. The van der Waals surface area contributed by atoms with Crippen molar-refractivity contribution < 1.29 is 0 Å². The van der Waals surface area contributed by atoms with Crippen LogP contribution >= 0.6 is 11.6 Å². The van der Waals surface area contributed by atoms with Gasteiger partial charge in [-0.2, -0.15) is 0 Å². The van der Waals surface area contributed by atoms with Crippen LogP contribution in [-0.2, 0) is 7.05 Å². The fraction of sp³-hybridized carbons (Fsp3) is 0.0769.